The van der Waals surface area contributed by atoms with Gasteiger partial charge in [-0.2, -0.15) is 0 Å². The highest BCUT2D eigenvalue weighted by Gasteiger charge is 2.45. The van der Waals surface area contributed by atoms with Crippen LogP contribution in [0.4, 0.5) is 0 Å². The van der Waals surface area contributed by atoms with Crippen LogP contribution in [0.2, 0.25) is 0 Å². The van der Waals surface area contributed by atoms with Gasteiger partial charge in [0, 0.05) is 18.0 Å². The molecule has 1 saturated heterocycles. The Bertz CT molecular complexity index is 1270. The molecule has 5 atom stereocenters. The van der Waals surface area contributed by atoms with Crippen LogP contribution in [0.25, 0.3) is 11.2 Å². The van der Waals surface area contributed by atoms with Gasteiger partial charge in [0.15, 0.2) is 6.23 Å². The number of fused-ring (bicyclic) bond motifs is 1. The van der Waals surface area contributed by atoms with E-state index < -0.39 is 50.2 Å². The number of rotatable bonds is 6. The van der Waals surface area contributed by atoms with Crippen molar-refractivity contribution in [2.75, 3.05) is 6.61 Å². The first kappa shape index (κ1) is 21.3. The maximum Gasteiger partial charge on any atom is 0.548 e. The van der Waals surface area contributed by atoms with Gasteiger partial charge in [-0.05, 0) is 29.1 Å². The second kappa shape index (κ2) is 7.96. The van der Waals surface area contributed by atoms with Gasteiger partial charge in [-0.1, -0.05) is 0 Å². The summed E-state index contributed by atoms with van der Waals surface area (Å²) in [6.07, 6.45) is -3.26. The van der Waals surface area contributed by atoms with Crippen molar-refractivity contribution in [1.29, 1.82) is 0 Å². The molecule has 4 rings (SSSR count). The van der Waals surface area contributed by atoms with Crippen molar-refractivity contribution in [2.24, 2.45) is 0 Å². The van der Waals surface area contributed by atoms with Crippen molar-refractivity contribution in [3.8, 4) is 0 Å². The van der Waals surface area contributed by atoms with Gasteiger partial charge in [0.2, 0.25) is 5.65 Å². The van der Waals surface area contributed by atoms with E-state index in [1.54, 1.807) is 12.1 Å². The number of aromatic nitrogens is 6. The molecule has 4 heterocycles. The predicted molar refractivity (Wildman–Crippen MR) is 99.7 cm³/mol. The Morgan fingerprint density at radius 2 is 2.10 bits per heavy atom. The van der Waals surface area contributed by atoms with Crippen LogP contribution in [-0.2, 0) is 13.8 Å². The zero-order chi connectivity index (χ0) is 22.3. The minimum atomic E-state index is -4.77. The van der Waals surface area contributed by atoms with Crippen LogP contribution in [0.3, 0.4) is 0 Å². The van der Waals surface area contributed by atoms with E-state index in [-0.39, 0.29) is 11.2 Å². The molecule has 1 unspecified atom stereocenters. The lowest BCUT2D eigenvalue weighted by Gasteiger charge is -2.18. The fourth-order valence-electron chi connectivity index (χ4n) is 2.96. The van der Waals surface area contributed by atoms with Crippen LogP contribution in [-0.4, -0.2) is 69.7 Å². The molecule has 0 aliphatic carbocycles. The molecule has 0 bridgehead atoms. The molecular weight excluding hydrogens is 439 g/mol. The number of pyridine rings is 1. The van der Waals surface area contributed by atoms with Crippen molar-refractivity contribution in [3.05, 3.63) is 50.9 Å². The number of aromatic amines is 1. The third-order valence-corrected chi connectivity index (χ3v) is 5.36. The SMILES string of the molecule is Cc1cn([C@@H]2O[C@H](COP(=O)(O)On3nnc4cccnc43)[C@@H](O)[C@H]2O)c(=O)[nH]c1=O. The minimum absolute atomic E-state index is 0.0702. The number of aliphatic hydroxyl groups excluding tert-OH is 2. The van der Waals surface area contributed by atoms with Gasteiger partial charge in [-0.25, -0.2) is 14.3 Å². The molecular formula is C15H17N6O9P. The van der Waals surface area contributed by atoms with Crippen LogP contribution in [0.1, 0.15) is 11.8 Å². The summed E-state index contributed by atoms with van der Waals surface area (Å²) in [7, 11) is -4.77. The molecule has 31 heavy (non-hydrogen) atoms. The van der Waals surface area contributed by atoms with Crippen molar-refractivity contribution in [3.63, 3.8) is 0 Å². The van der Waals surface area contributed by atoms with Crippen LogP contribution in [0, 0.1) is 6.92 Å². The molecule has 3 aromatic rings. The van der Waals surface area contributed by atoms with Gasteiger partial charge in [0.1, 0.15) is 23.8 Å². The topological polar surface area (TPSA) is 204 Å². The quantitative estimate of drug-likeness (QED) is 0.293. The fraction of sp³-hybridized carbons (Fsp3) is 0.400. The molecule has 1 fully saturated rings. The number of phosphoric ester groups is 1. The monoisotopic (exact) mass is 456 g/mol. The van der Waals surface area contributed by atoms with Crippen LogP contribution >= 0.6 is 7.82 Å². The van der Waals surface area contributed by atoms with Gasteiger partial charge in [-0.3, -0.25) is 28.4 Å². The lowest BCUT2D eigenvalue weighted by atomic mass is 10.1. The first-order chi connectivity index (χ1) is 14.7. The molecule has 166 valence electrons. The van der Waals surface area contributed by atoms with E-state index >= 15 is 0 Å². The third-order valence-electron chi connectivity index (χ3n) is 4.52. The highest BCUT2D eigenvalue weighted by molar-refractivity contribution is 7.47. The molecule has 16 heteroatoms. The summed E-state index contributed by atoms with van der Waals surface area (Å²) < 4.78 is 28.2. The molecule has 15 nitrogen and oxygen atoms in total. The molecule has 0 amide bonds. The van der Waals surface area contributed by atoms with Gasteiger partial charge in [0.05, 0.1) is 6.61 Å². The molecule has 1 aliphatic rings. The standard InChI is InChI=1S/C15H17N6O9P/c1-7-5-20(15(25)17-13(7)24)14-11(23)10(22)9(29-14)6-28-31(26,27)30-21-12-8(18-19-21)3-2-4-16-12/h2-5,9-11,14,22-23H,6H2,1H3,(H,26,27)(H,17,24,25)/t9-,10-,11-,14-/m1/s1. The highest BCUT2D eigenvalue weighted by atomic mass is 31.2. The Kier molecular flexibility index (Phi) is 5.47. The molecule has 4 N–H and O–H groups in total. The minimum Gasteiger partial charge on any atom is -0.387 e. The number of nitrogens with one attached hydrogen (secondary N) is 1. The zero-order valence-corrected chi connectivity index (χ0v) is 16.7. The molecule has 0 saturated carbocycles. The number of hydrogen-bond donors (Lipinski definition) is 4. The summed E-state index contributed by atoms with van der Waals surface area (Å²) in [5, 5.41) is 27.7. The Morgan fingerprint density at radius 1 is 1.32 bits per heavy atom. The van der Waals surface area contributed by atoms with E-state index in [0.29, 0.717) is 10.4 Å². The molecule has 0 spiro atoms. The zero-order valence-electron chi connectivity index (χ0n) is 15.8. The summed E-state index contributed by atoms with van der Waals surface area (Å²) >= 11 is 0. The van der Waals surface area contributed by atoms with E-state index in [0.717, 1.165) is 10.8 Å². The molecule has 0 aromatic carbocycles. The van der Waals surface area contributed by atoms with Gasteiger partial charge >= 0.3 is 13.5 Å². The van der Waals surface area contributed by atoms with E-state index in [1.807, 2.05) is 0 Å². The maximum atomic E-state index is 12.3. The number of nitrogens with zero attached hydrogens (tertiary/aromatic N) is 5. The van der Waals surface area contributed by atoms with Crippen molar-refractivity contribution < 1.29 is 33.6 Å². The maximum absolute atomic E-state index is 12.3. The Morgan fingerprint density at radius 3 is 2.87 bits per heavy atom. The Labute approximate surface area is 172 Å². The van der Waals surface area contributed by atoms with Crippen molar-refractivity contribution >= 4 is 19.0 Å². The van der Waals surface area contributed by atoms with Crippen LogP contribution in [0.15, 0.2) is 34.1 Å². The summed E-state index contributed by atoms with van der Waals surface area (Å²) in [6.45, 7) is 0.759. The van der Waals surface area contributed by atoms with Gasteiger partial charge in [0.25, 0.3) is 5.56 Å². The number of ether oxygens (including phenoxy) is 1. The van der Waals surface area contributed by atoms with Gasteiger partial charge < -0.3 is 14.9 Å². The average Bonchev–Trinajstić information content (AvgIpc) is 3.25. The van der Waals surface area contributed by atoms with Crippen molar-refractivity contribution in [1.82, 2.24) is 29.7 Å². The highest BCUT2D eigenvalue weighted by Crippen LogP contribution is 2.41. The molecule has 3 aromatic heterocycles. The lowest BCUT2D eigenvalue weighted by molar-refractivity contribution is -0.0556. The van der Waals surface area contributed by atoms with E-state index in [9.17, 15) is 29.3 Å². The second-order valence-electron chi connectivity index (χ2n) is 6.68. The third kappa shape index (κ3) is 4.14. The predicted octanol–water partition coefficient (Wildman–Crippen LogP) is -2.15. The smallest absolute Gasteiger partial charge is 0.387 e. The normalized spacial score (nSPS) is 25.5. The summed E-state index contributed by atoms with van der Waals surface area (Å²) in [5.41, 5.74) is -0.921. The Balaban J connectivity index is 1.46. The van der Waals surface area contributed by atoms with E-state index in [1.165, 1.54) is 13.1 Å². The first-order valence-corrected chi connectivity index (χ1v) is 10.3. The van der Waals surface area contributed by atoms with Crippen LogP contribution in [0.5, 0.6) is 0 Å². The summed E-state index contributed by atoms with van der Waals surface area (Å²) in [5.74, 6) is 0. The number of phosphoric acid groups is 1. The number of H-pyrrole nitrogens is 1. The summed E-state index contributed by atoms with van der Waals surface area (Å²) in [4.78, 5) is 40.1. The molecule has 1 aliphatic heterocycles. The lowest BCUT2D eigenvalue weighted by Crippen LogP contribution is -2.38. The largest absolute Gasteiger partial charge is 0.548 e. The average molecular weight is 456 g/mol. The number of hydrogen-bond acceptors (Lipinski definition) is 11. The van der Waals surface area contributed by atoms with Crippen LogP contribution < -0.4 is 15.9 Å². The van der Waals surface area contributed by atoms with E-state index in [4.69, 9.17) is 13.9 Å². The van der Waals surface area contributed by atoms with Crippen molar-refractivity contribution in [2.45, 2.75) is 31.5 Å². The number of aliphatic hydroxyl groups is 2. The molecule has 0 radical (unpaired) electrons. The number of aryl methyl sites for hydroxylation is 1. The first-order valence-electron chi connectivity index (χ1n) is 8.84. The second-order valence-corrected chi connectivity index (χ2v) is 8.04. The Hall–Kier alpha value is -2.94. The summed E-state index contributed by atoms with van der Waals surface area (Å²) in [6, 6.07) is 3.15. The van der Waals surface area contributed by atoms with E-state index in [2.05, 4.69) is 20.3 Å². The van der Waals surface area contributed by atoms with Gasteiger partial charge in [-0.15, -0.1) is 5.10 Å². The fourth-order valence-corrected chi connectivity index (χ4v) is 3.65.